The van der Waals surface area contributed by atoms with Crippen LogP contribution >= 0.6 is 0 Å². The molecule has 0 spiro atoms. The summed E-state index contributed by atoms with van der Waals surface area (Å²) in [6.45, 7) is 8.46. The summed E-state index contributed by atoms with van der Waals surface area (Å²) in [5.41, 5.74) is 0.988. The second-order valence-corrected chi connectivity index (χ2v) is 6.70. The first-order chi connectivity index (χ1) is 12.5. The monoisotopic (exact) mass is 364 g/mol. The zero-order valence-electron chi connectivity index (χ0n) is 15.9. The van der Waals surface area contributed by atoms with Crippen molar-refractivity contribution in [2.24, 2.45) is 5.92 Å². The van der Waals surface area contributed by atoms with Crippen molar-refractivity contribution in [3.05, 3.63) is 35.6 Å². The fourth-order valence-corrected chi connectivity index (χ4v) is 3.37. The molecule has 0 N–H and O–H groups in total. The van der Waals surface area contributed by atoms with Gasteiger partial charge >= 0.3 is 5.97 Å². The van der Waals surface area contributed by atoms with Gasteiger partial charge in [-0.3, -0.25) is 14.5 Å². The third kappa shape index (κ3) is 5.27. The molecular weight excluding hydrogens is 335 g/mol. The van der Waals surface area contributed by atoms with Crippen LogP contribution in [-0.4, -0.2) is 54.5 Å². The minimum Gasteiger partial charge on any atom is -0.466 e. The van der Waals surface area contributed by atoms with Crippen molar-refractivity contribution < 1.29 is 18.7 Å². The molecule has 2 rings (SSSR count). The Kier molecular flexibility index (Phi) is 7.57. The average Bonchev–Trinajstić information content (AvgIpc) is 2.66. The molecule has 144 valence electrons. The lowest BCUT2D eigenvalue weighted by Gasteiger charge is -2.34. The van der Waals surface area contributed by atoms with Gasteiger partial charge in [0.1, 0.15) is 5.82 Å². The minimum absolute atomic E-state index is 0.0293. The third-order valence-corrected chi connectivity index (χ3v) is 5.11. The van der Waals surface area contributed by atoms with Crippen molar-refractivity contribution in [3.8, 4) is 0 Å². The number of carbonyl (C=O) groups excluding carboxylic acids is 2. The molecule has 0 saturated carbocycles. The molecular formula is C20H29FN2O3. The van der Waals surface area contributed by atoms with Gasteiger partial charge < -0.3 is 9.64 Å². The molecule has 1 unspecified atom stereocenters. The lowest BCUT2D eigenvalue weighted by molar-refractivity contribution is -0.151. The second kappa shape index (κ2) is 9.67. The van der Waals surface area contributed by atoms with Crippen LogP contribution in [0, 0.1) is 11.7 Å². The van der Waals surface area contributed by atoms with E-state index in [2.05, 4.69) is 4.90 Å². The van der Waals surface area contributed by atoms with E-state index in [1.54, 1.807) is 19.1 Å². The van der Waals surface area contributed by atoms with Crippen molar-refractivity contribution in [1.29, 1.82) is 0 Å². The van der Waals surface area contributed by atoms with E-state index in [4.69, 9.17) is 4.74 Å². The fourth-order valence-electron chi connectivity index (χ4n) is 3.37. The maximum Gasteiger partial charge on any atom is 0.309 e. The van der Waals surface area contributed by atoms with Gasteiger partial charge in [-0.25, -0.2) is 4.39 Å². The van der Waals surface area contributed by atoms with Crippen molar-refractivity contribution in [2.75, 3.05) is 32.8 Å². The number of piperidine rings is 1. The summed E-state index contributed by atoms with van der Waals surface area (Å²) in [6, 6.07) is 6.45. The summed E-state index contributed by atoms with van der Waals surface area (Å²) in [7, 11) is 0. The maximum absolute atomic E-state index is 13.1. The van der Waals surface area contributed by atoms with Crippen LogP contribution in [0.2, 0.25) is 0 Å². The van der Waals surface area contributed by atoms with Gasteiger partial charge in [0.25, 0.3) is 0 Å². The van der Waals surface area contributed by atoms with Crippen LogP contribution in [0.1, 0.15) is 45.2 Å². The van der Waals surface area contributed by atoms with Crippen LogP contribution in [0.25, 0.3) is 0 Å². The Morgan fingerprint density at radius 3 is 2.38 bits per heavy atom. The van der Waals surface area contributed by atoms with Gasteiger partial charge in [0.15, 0.2) is 0 Å². The molecule has 1 amide bonds. The van der Waals surface area contributed by atoms with Crippen LogP contribution in [0.5, 0.6) is 0 Å². The van der Waals surface area contributed by atoms with Crippen molar-refractivity contribution in [1.82, 2.24) is 9.80 Å². The number of amides is 1. The van der Waals surface area contributed by atoms with Gasteiger partial charge in [-0.1, -0.05) is 19.1 Å². The number of benzene rings is 1. The topological polar surface area (TPSA) is 49.9 Å². The number of nitrogens with zero attached hydrogens (tertiary/aromatic N) is 2. The van der Waals surface area contributed by atoms with Gasteiger partial charge in [-0.15, -0.1) is 0 Å². The molecule has 1 heterocycles. The summed E-state index contributed by atoms with van der Waals surface area (Å²) in [6.07, 6.45) is 1.31. The molecule has 0 aromatic heterocycles. The highest BCUT2D eigenvalue weighted by molar-refractivity contribution is 5.79. The molecule has 0 aliphatic carbocycles. The predicted octanol–water partition coefficient (Wildman–Crippen LogP) is 3.01. The molecule has 6 heteroatoms. The van der Waals surface area contributed by atoms with Crippen LogP contribution in [0.3, 0.4) is 0 Å². The van der Waals surface area contributed by atoms with Gasteiger partial charge in [0.2, 0.25) is 5.91 Å². The molecule has 1 aromatic carbocycles. The smallest absolute Gasteiger partial charge is 0.309 e. The molecule has 1 saturated heterocycles. The minimum atomic E-state index is -0.260. The van der Waals surface area contributed by atoms with Crippen molar-refractivity contribution in [2.45, 2.75) is 39.7 Å². The SMILES string of the molecule is CCOC(=O)C1CCN(C(=O)CN(CC)C(C)c2ccc(F)cc2)CC1. The molecule has 26 heavy (non-hydrogen) atoms. The number of likely N-dealkylation sites (tertiary alicyclic amines) is 1. The lowest BCUT2D eigenvalue weighted by Crippen LogP contribution is -2.45. The van der Waals surface area contributed by atoms with Crippen molar-refractivity contribution in [3.63, 3.8) is 0 Å². The summed E-state index contributed by atoms with van der Waals surface area (Å²) in [4.78, 5) is 28.4. The first kappa shape index (κ1) is 20.4. The van der Waals surface area contributed by atoms with Gasteiger partial charge in [0, 0.05) is 19.1 Å². The number of halogens is 1. The lowest BCUT2D eigenvalue weighted by atomic mass is 9.97. The van der Waals surface area contributed by atoms with Crippen LogP contribution in [0.15, 0.2) is 24.3 Å². The highest BCUT2D eigenvalue weighted by atomic mass is 19.1. The van der Waals surface area contributed by atoms with E-state index in [0.29, 0.717) is 39.1 Å². The molecule has 1 atom stereocenters. The maximum atomic E-state index is 13.1. The summed E-state index contributed by atoms with van der Waals surface area (Å²) >= 11 is 0. The molecule has 0 radical (unpaired) electrons. The summed E-state index contributed by atoms with van der Waals surface area (Å²) < 4.78 is 18.2. The number of hydrogen-bond acceptors (Lipinski definition) is 4. The molecule has 1 aliphatic rings. The van der Waals surface area contributed by atoms with Crippen LogP contribution < -0.4 is 0 Å². The Morgan fingerprint density at radius 2 is 1.85 bits per heavy atom. The number of hydrogen-bond donors (Lipinski definition) is 0. The van der Waals surface area contributed by atoms with E-state index in [9.17, 15) is 14.0 Å². The van der Waals surface area contributed by atoms with E-state index in [0.717, 1.165) is 12.1 Å². The number of esters is 1. The highest BCUT2D eigenvalue weighted by Crippen LogP contribution is 2.22. The number of ether oxygens (including phenoxy) is 1. The number of rotatable bonds is 7. The zero-order valence-corrected chi connectivity index (χ0v) is 15.9. The quantitative estimate of drug-likeness (QED) is 0.698. The average molecular weight is 364 g/mol. The van der Waals surface area contributed by atoms with Crippen molar-refractivity contribution >= 4 is 11.9 Å². The first-order valence-electron chi connectivity index (χ1n) is 9.40. The predicted molar refractivity (Wildman–Crippen MR) is 98.0 cm³/mol. The molecule has 1 aliphatic heterocycles. The molecule has 5 nitrogen and oxygen atoms in total. The normalized spacial score (nSPS) is 16.6. The second-order valence-electron chi connectivity index (χ2n) is 6.70. The molecule has 1 aromatic rings. The summed E-state index contributed by atoms with van der Waals surface area (Å²) in [5, 5.41) is 0. The Balaban J connectivity index is 1.89. The van der Waals surface area contributed by atoms with E-state index in [1.165, 1.54) is 12.1 Å². The van der Waals surface area contributed by atoms with Gasteiger partial charge in [-0.05, 0) is 50.9 Å². The van der Waals surface area contributed by atoms with E-state index < -0.39 is 0 Å². The van der Waals surface area contributed by atoms with E-state index in [1.807, 2.05) is 18.7 Å². The third-order valence-electron chi connectivity index (χ3n) is 5.11. The Bertz CT molecular complexity index is 598. The number of likely N-dealkylation sites (N-methyl/N-ethyl adjacent to an activating group) is 1. The first-order valence-corrected chi connectivity index (χ1v) is 9.40. The van der Waals surface area contributed by atoms with Gasteiger partial charge in [-0.2, -0.15) is 0 Å². The van der Waals surface area contributed by atoms with E-state index in [-0.39, 0.29) is 29.7 Å². The summed E-state index contributed by atoms with van der Waals surface area (Å²) in [5.74, 6) is -0.438. The molecule has 0 bridgehead atoms. The Hall–Kier alpha value is -1.95. The standard InChI is InChI=1S/C20H29FN2O3/c1-4-22(15(3)16-6-8-18(21)9-7-16)14-19(24)23-12-10-17(11-13-23)20(25)26-5-2/h6-9,15,17H,4-5,10-14H2,1-3H3. The zero-order chi connectivity index (χ0) is 19.1. The highest BCUT2D eigenvalue weighted by Gasteiger charge is 2.29. The van der Waals surface area contributed by atoms with Crippen LogP contribution in [-0.2, 0) is 14.3 Å². The van der Waals surface area contributed by atoms with Crippen LogP contribution in [0.4, 0.5) is 4.39 Å². The van der Waals surface area contributed by atoms with Gasteiger partial charge in [0.05, 0.1) is 19.1 Å². The number of carbonyl (C=O) groups is 2. The van der Waals surface area contributed by atoms with E-state index >= 15 is 0 Å². The molecule has 1 fully saturated rings. The Morgan fingerprint density at radius 1 is 1.23 bits per heavy atom. The Labute approximate surface area is 155 Å². The largest absolute Gasteiger partial charge is 0.466 e. The fraction of sp³-hybridized carbons (Fsp3) is 0.600.